The van der Waals surface area contributed by atoms with Gasteiger partial charge in [-0.3, -0.25) is 4.79 Å². The van der Waals surface area contributed by atoms with Crippen LogP contribution in [0, 0.1) is 0 Å². The number of para-hydroxylation sites is 1. The number of anilines is 2. The monoisotopic (exact) mass is 328 g/mol. The summed E-state index contributed by atoms with van der Waals surface area (Å²) in [7, 11) is 0. The molecule has 2 aromatic carbocycles. The lowest BCUT2D eigenvalue weighted by Gasteiger charge is -2.13. The normalized spacial score (nSPS) is 10.2. The smallest absolute Gasteiger partial charge is 0.224 e. The van der Waals surface area contributed by atoms with Gasteiger partial charge in [0.25, 0.3) is 0 Å². The maximum atomic E-state index is 12.3. The fraction of sp³-hybridized carbons (Fsp3) is 0.316. The number of carbonyl (C=O) groups is 1. The van der Waals surface area contributed by atoms with E-state index in [0.29, 0.717) is 48.9 Å². The molecule has 1 amide bonds. The largest absolute Gasteiger partial charge is 0.494 e. The molecule has 0 aromatic heterocycles. The van der Waals surface area contributed by atoms with Crippen LogP contribution in [0.15, 0.2) is 42.5 Å². The standard InChI is InChI=1S/C19H24N2O3/c1-3-23-15-10-11-18(24-4-2)17(13-15)21-19(22)12-9-14-7-5-6-8-16(14)20/h5-8,10-11,13H,3-4,9,12,20H2,1-2H3,(H,21,22). The molecule has 0 saturated carbocycles. The summed E-state index contributed by atoms with van der Waals surface area (Å²) in [6.45, 7) is 4.91. The molecule has 0 aliphatic rings. The van der Waals surface area contributed by atoms with E-state index in [2.05, 4.69) is 5.32 Å². The Morgan fingerprint density at radius 2 is 1.83 bits per heavy atom. The number of nitrogen functional groups attached to an aromatic ring is 1. The zero-order chi connectivity index (χ0) is 17.4. The average molecular weight is 328 g/mol. The highest BCUT2D eigenvalue weighted by Gasteiger charge is 2.10. The first-order valence-electron chi connectivity index (χ1n) is 8.17. The van der Waals surface area contributed by atoms with Crippen LogP contribution >= 0.6 is 0 Å². The average Bonchev–Trinajstić information content (AvgIpc) is 2.57. The van der Waals surface area contributed by atoms with Gasteiger partial charge in [-0.1, -0.05) is 18.2 Å². The lowest BCUT2D eigenvalue weighted by atomic mass is 10.1. The minimum Gasteiger partial charge on any atom is -0.494 e. The Labute approximate surface area is 142 Å². The number of nitrogens with two attached hydrogens (primary N) is 1. The van der Waals surface area contributed by atoms with Crippen LogP contribution in [0.25, 0.3) is 0 Å². The number of ether oxygens (including phenoxy) is 2. The topological polar surface area (TPSA) is 73.6 Å². The molecule has 0 heterocycles. The quantitative estimate of drug-likeness (QED) is 0.726. The predicted octanol–water partition coefficient (Wildman–Crippen LogP) is 3.64. The highest BCUT2D eigenvalue weighted by atomic mass is 16.5. The van der Waals surface area contributed by atoms with Crippen LogP contribution in [-0.2, 0) is 11.2 Å². The van der Waals surface area contributed by atoms with Crippen molar-refractivity contribution in [3.8, 4) is 11.5 Å². The number of aryl methyl sites for hydroxylation is 1. The van der Waals surface area contributed by atoms with Gasteiger partial charge < -0.3 is 20.5 Å². The maximum Gasteiger partial charge on any atom is 0.224 e. The van der Waals surface area contributed by atoms with Gasteiger partial charge in [0.1, 0.15) is 11.5 Å². The molecule has 0 atom stereocenters. The van der Waals surface area contributed by atoms with E-state index >= 15 is 0 Å². The Morgan fingerprint density at radius 1 is 1.08 bits per heavy atom. The van der Waals surface area contributed by atoms with E-state index in [1.54, 1.807) is 12.1 Å². The minimum atomic E-state index is -0.0899. The van der Waals surface area contributed by atoms with Crippen molar-refractivity contribution in [2.24, 2.45) is 0 Å². The van der Waals surface area contributed by atoms with Gasteiger partial charge in [-0.2, -0.15) is 0 Å². The molecule has 0 radical (unpaired) electrons. The fourth-order valence-electron chi connectivity index (χ4n) is 2.37. The second-order valence-corrected chi connectivity index (χ2v) is 5.27. The van der Waals surface area contributed by atoms with E-state index in [4.69, 9.17) is 15.2 Å². The Bertz CT molecular complexity index is 686. The molecule has 2 rings (SSSR count). The van der Waals surface area contributed by atoms with E-state index in [-0.39, 0.29) is 5.91 Å². The Balaban J connectivity index is 2.04. The molecule has 0 bridgehead atoms. The second kappa shape index (κ2) is 8.82. The minimum absolute atomic E-state index is 0.0899. The number of hydrogen-bond acceptors (Lipinski definition) is 4. The predicted molar refractivity (Wildman–Crippen MR) is 96.6 cm³/mol. The molecule has 5 nitrogen and oxygen atoms in total. The summed E-state index contributed by atoms with van der Waals surface area (Å²) in [5.74, 6) is 1.24. The van der Waals surface area contributed by atoms with Crippen LogP contribution in [0.2, 0.25) is 0 Å². The number of rotatable bonds is 8. The molecule has 24 heavy (non-hydrogen) atoms. The molecular formula is C19H24N2O3. The van der Waals surface area contributed by atoms with Gasteiger partial charge in [-0.15, -0.1) is 0 Å². The zero-order valence-electron chi connectivity index (χ0n) is 14.2. The van der Waals surface area contributed by atoms with E-state index in [1.165, 1.54) is 0 Å². The van der Waals surface area contributed by atoms with Crippen molar-refractivity contribution < 1.29 is 14.3 Å². The van der Waals surface area contributed by atoms with Gasteiger partial charge in [-0.25, -0.2) is 0 Å². The van der Waals surface area contributed by atoms with E-state index in [9.17, 15) is 4.79 Å². The molecule has 0 spiro atoms. The van der Waals surface area contributed by atoms with Crippen LogP contribution in [0.4, 0.5) is 11.4 Å². The number of benzene rings is 2. The fourth-order valence-corrected chi connectivity index (χ4v) is 2.37. The first kappa shape index (κ1) is 17.7. The van der Waals surface area contributed by atoms with Crippen molar-refractivity contribution in [3.05, 3.63) is 48.0 Å². The summed E-state index contributed by atoms with van der Waals surface area (Å²) >= 11 is 0. The van der Waals surface area contributed by atoms with Gasteiger partial charge >= 0.3 is 0 Å². The molecule has 5 heteroatoms. The zero-order valence-corrected chi connectivity index (χ0v) is 14.2. The van der Waals surface area contributed by atoms with E-state index in [1.807, 2.05) is 44.2 Å². The molecule has 2 aromatic rings. The molecule has 0 saturated heterocycles. The van der Waals surface area contributed by atoms with Crippen molar-refractivity contribution in [1.29, 1.82) is 0 Å². The highest BCUT2D eigenvalue weighted by molar-refractivity contribution is 5.92. The van der Waals surface area contributed by atoms with Crippen molar-refractivity contribution in [2.75, 3.05) is 24.3 Å². The van der Waals surface area contributed by atoms with Crippen molar-refractivity contribution in [1.82, 2.24) is 0 Å². The van der Waals surface area contributed by atoms with Crippen LogP contribution < -0.4 is 20.5 Å². The lowest BCUT2D eigenvalue weighted by Crippen LogP contribution is -2.14. The van der Waals surface area contributed by atoms with Gasteiger partial charge in [0.2, 0.25) is 5.91 Å². The molecule has 0 unspecified atom stereocenters. The van der Waals surface area contributed by atoms with Gasteiger partial charge in [0.15, 0.2) is 0 Å². The lowest BCUT2D eigenvalue weighted by molar-refractivity contribution is -0.116. The molecule has 128 valence electrons. The molecule has 0 aliphatic carbocycles. The molecule has 0 fully saturated rings. The van der Waals surface area contributed by atoms with Crippen LogP contribution in [-0.4, -0.2) is 19.1 Å². The molecule has 3 N–H and O–H groups in total. The summed E-state index contributed by atoms with van der Waals surface area (Å²) in [4.78, 5) is 12.3. The third kappa shape index (κ3) is 4.91. The Hall–Kier alpha value is -2.69. The van der Waals surface area contributed by atoms with Crippen molar-refractivity contribution in [2.45, 2.75) is 26.7 Å². The number of amides is 1. The number of carbonyl (C=O) groups excluding carboxylic acids is 1. The summed E-state index contributed by atoms with van der Waals surface area (Å²) in [6.07, 6.45) is 0.937. The maximum absolute atomic E-state index is 12.3. The summed E-state index contributed by atoms with van der Waals surface area (Å²) in [6, 6.07) is 13.0. The molecular weight excluding hydrogens is 304 g/mol. The third-order valence-corrected chi connectivity index (χ3v) is 3.51. The number of hydrogen-bond donors (Lipinski definition) is 2. The van der Waals surface area contributed by atoms with Crippen LogP contribution in [0.3, 0.4) is 0 Å². The first-order valence-corrected chi connectivity index (χ1v) is 8.17. The summed E-state index contributed by atoms with van der Waals surface area (Å²) in [5, 5.41) is 2.90. The van der Waals surface area contributed by atoms with Gasteiger partial charge in [0.05, 0.1) is 18.9 Å². The second-order valence-electron chi connectivity index (χ2n) is 5.27. The van der Waals surface area contributed by atoms with Crippen LogP contribution in [0.5, 0.6) is 11.5 Å². The summed E-state index contributed by atoms with van der Waals surface area (Å²) < 4.78 is 11.0. The van der Waals surface area contributed by atoms with Crippen molar-refractivity contribution in [3.63, 3.8) is 0 Å². The van der Waals surface area contributed by atoms with Gasteiger partial charge in [-0.05, 0) is 44.0 Å². The third-order valence-electron chi connectivity index (χ3n) is 3.51. The Kier molecular flexibility index (Phi) is 6.49. The molecule has 0 aliphatic heterocycles. The van der Waals surface area contributed by atoms with Gasteiger partial charge in [0, 0.05) is 18.2 Å². The van der Waals surface area contributed by atoms with Crippen LogP contribution in [0.1, 0.15) is 25.8 Å². The first-order chi connectivity index (χ1) is 11.6. The number of nitrogens with one attached hydrogen (secondary N) is 1. The van der Waals surface area contributed by atoms with Crippen molar-refractivity contribution >= 4 is 17.3 Å². The SMILES string of the molecule is CCOc1ccc(OCC)c(NC(=O)CCc2ccccc2N)c1. The highest BCUT2D eigenvalue weighted by Crippen LogP contribution is 2.29. The Morgan fingerprint density at radius 3 is 2.54 bits per heavy atom. The summed E-state index contributed by atoms with van der Waals surface area (Å²) in [5.41, 5.74) is 8.21. The van der Waals surface area contributed by atoms with E-state index in [0.717, 1.165) is 5.56 Å². The van der Waals surface area contributed by atoms with E-state index < -0.39 is 0 Å².